The smallest absolute Gasteiger partial charge is 0.215 e. The Labute approximate surface area is 194 Å². The Hall–Kier alpha value is -2.97. The first-order chi connectivity index (χ1) is 16.0. The van der Waals surface area contributed by atoms with Crippen LogP contribution in [-0.4, -0.2) is 35.0 Å². The minimum absolute atomic E-state index is 0.0443. The van der Waals surface area contributed by atoms with Crippen LogP contribution in [0.25, 0.3) is 27.8 Å². The molecule has 0 atom stereocenters. The molecule has 0 saturated heterocycles. The SMILES string of the molecule is CCc1nn(C2CCCC2)c2cc(-c3ccnn3-c3ccc(CS(=O)(=O)NC)cc3)ccc12. The summed E-state index contributed by atoms with van der Waals surface area (Å²) in [5.41, 5.74) is 6.05. The lowest BCUT2D eigenvalue weighted by Gasteiger charge is -2.13. The van der Waals surface area contributed by atoms with E-state index in [0.717, 1.165) is 34.6 Å². The van der Waals surface area contributed by atoms with Crippen LogP contribution in [-0.2, 0) is 22.2 Å². The largest absolute Gasteiger partial charge is 0.262 e. The lowest BCUT2D eigenvalue weighted by atomic mass is 10.1. The summed E-state index contributed by atoms with van der Waals surface area (Å²) in [7, 11) is -1.87. The Kier molecular flexibility index (Phi) is 5.80. The Balaban J connectivity index is 1.52. The molecule has 2 aromatic heterocycles. The summed E-state index contributed by atoms with van der Waals surface area (Å²) in [5, 5.41) is 10.8. The van der Waals surface area contributed by atoms with Crippen molar-refractivity contribution in [1.29, 1.82) is 0 Å². The van der Waals surface area contributed by atoms with Crippen molar-refractivity contribution in [2.24, 2.45) is 0 Å². The number of nitrogens with zero attached hydrogens (tertiary/aromatic N) is 4. The number of nitrogens with one attached hydrogen (secondary N) is 1. The molecular weight excluding hydrogens is 434 g/mol. The van der Waals surface area contributed by atoms with Crippen LogP contribution in [0.3, 0.4) is 0 Å². The molecule has 1 fully saturated rings. The average Bonchev–Trinajstić information content (AvgIpc) is 3.58. The topological polar surface area (TPSA) is 81.8 Å². The van der Waals surface area contributed by atoms with Crippen molar-refractivity contribution >= 4 is 20.9 Å². The molecule has 0 bridgehead atoms. The van der Waals surface area contributed by atoms with Crippen molar-refractivity contribution in [1.82, 2.24) is 24.3 Å². The molecule has 0 spiro atoms. The van der Waals surface area contributed by atoms with Crippen molar-refractivity contribution in [3.05, 3.63) is 66.0 Å². The molecule has 8 heteroatoms. The van der Waals surface area contributed by atoms with Gasteiger partial charge in [0.05, 0.1) is 40.6 Å². The van der Waals surface area contributed by atoms with Gasteiger partial charge in [0, 0.05) is 10.9 Å². The van der Waals surface area contributed by atoms with Gasteiger partial charge in [0.25, 0.3) is 0 Å². The molecule has 2 aromatic carbocycles. The van der Waals surface area contributed by atoms with Crippen LogP contribution in [0.2, 0.25) is 0 Å². The van der Waals surface area contributed by atoms with Crippen LogP contribution in [0.1, 0.15) is 49.9 Å². The first-order valence-electron chi connectivity index (χ1n) is 11.5. The summed E-state index contributed by atoms with van der Waals surface area (Å²) in [6, 6.07) is 16.5. The first kappa shape index (κ1) is 21.9. The van der Waals surface area contributed by atoms with Gasteiger partial charge in [-0.15, -0.1) is 0 Å². The van der Waals surface area contributed by atoms with E-state index in [0.29, 0.717) is 6.04 Å². The van der Waals surface area contributed by atoms with Crippen LogP contribution in [0.4, 0.5) is 0 Å². The first-order valence-corrected chi connectivity index (χ1v) is 13.2. The fourth-order valence-electron chi connectivity index (χ4n) is 4.80. The van der Waals surface area contributed by atoms with Crippen LogP contribution in [0.15, 0.2) is 54.7 Å². The van der Waals surface area contributed by atoms with Crippen LogP contribution in [0.5, 0.6) is 0 Å². The molecule has 4 aromatic rings. The number of hydrogen-bond acceptors (Lipinski definition) is 4. The molecule has 1 aliphatic rings. The maximum absolute atomic E-state index is 11.8. The van der Waals surface area contributed by atoms with Gasteiger partial charge in [0.2, 0.25) is 10.0 Å². The van der Waals surface area contributed by atoms with Gasteiger partial charge in [-0.2, -0.15) is 10.2 Å². The van der Waals surface area contributed by atoms with Gasteiger partial charge in [0.1, 0.15) is 0 Å². The summed E-state index contributed by atoms with van der Waals surface area (Å²) >= 11 is 0. The fraction of sp³-hybridized carbons (Fsp3) is 0.360. The lowest BCUT2D eigenvalue weighted by Crippen LogP contribution is -2.20. The minimum Gasteiger partial charge on any atom is -0.262 e. The zero-order chi connectivity index (χ0) is 23.0. The van der Waals surface area contributed by atoms with E-state index in [1.54, 1.807) is 6.20 Å². The Morgan fingerprint density at radius 3 is 2.52 bits per heavy atom. The van der Waals surface area contributed by atoms with Gasteiger partial charge < -0.3 is 0 Å². The molecule has 1 aliphatic carbocycles. The van der Waals surface area contributed by atoms with Gasteiger partial charge in [-0.25, -0.2) is 17.8 Å². The highest BCUT2D eigenvalue weighted by atomic mass is 32.2. The number of rotatable bonds is 7. The zero-order valence-electron chi connectivity index (χ0n) is 19.0. The van der Waals surface area contributed by atoms with Crippen molar-refractivity contribution < 1.29 is 8.42 Å². The Morgan fingerprint density at radius 1 is 1.06 bits per heavy atom. The predicted molar refractivity (Wildman–Crippen MR) is 131 cm³/mol. The Morgan fingerprint density at radius 2 is 1.82 bits per heavy atom. The molecule has 1 saturated carbocycles. The lowest BCUT2D eigenvalue weighted by molar-refractivity contribution is 0.478. The van der Waals surface area contributed by atoms with Crippen molar-refractivity contribution in [3.63, 3.8) is 0 Å². The van der Waals surface area contributed by atoms with E-state index in [4.69, 9.17) is 5.10 Å². The molecular formula is C25H29N5O2S. The quantitative estimate of drug-likeness (QED) is 0.434. The molecule has 0 radical (unpaired) electrons. The second-order valence-corrected chi connectivity index (χ2v) is 10.6. The highest BCUT2D eigenvalue weighted by Gasteiger charge is 2.22. The summed E-state index contributed by atoms with van der Waals surface area (Å²) < 4.78 is 30.2. The second-order valence-electron chi connectivity index (χ2n) is 8.67. The number of hydrogen-bond donors (Lipinski definition) is 1. The number of aryl methyl sites for hydroxylation is 1. The Bertz CT molecular complexity index is 1380. The van der Waals surface area contributed by atoms with Crippen LogP contribution >= 0.6 is 0 Å². The summed E-state index contributed by atoms with van der Waals surface area (Å²) in [5.74, 6) is -0.0443. The molecule has 33 heavy (non-hydrogen) atoms. The summed E-state index contributed by atoms with van der Waals surface area (Å²) in [6.45, 7) is 2.16. The van der Waals surface area contributed by atoms with Gasteiger partial charge in [-0.3, -0.25) is 4.68 Å². The minimum atomic E-state index is -3.30. The average molecular weight is 464 g/mol. The summed E-state index contributed by atoms with van der Waals surface area (Å²) in [4.78, 5) is 0. The molecule has 0 amide bonds. The molecule has 1 N–H and O–H groups in total. The highest BCUT2D eigenvalue weighted by molar-refractivity contribution is 7.88. The van der Waals surface area contributed by atoms with E-state index < -0.39 is 10.0 Å². The van der Waals surface area contributed by atoms with E-state index in [1.165, 1.54) is 43.6 Å². The normalized spacial score (nSPS) is 15.0. The van der Waals surface area contributed by atoms with E-state index >= 15 is 0 Å². The van der Waals surface area contributed by atoms with Crippen molar-refractivity contribution in [3.8, 4) is 16.9 Å². The maximum atomic E-state index is 11.8. The maximum Gasteiger partial charge on any atom is 0.215 e. The van der Waals surface area contributed by atoms with Crippen molar-refractivity contribution in [2.45, 2.75) is 50.8 Å². The molecule has 7 nitrogen and oxygen atoms in total. The van der Waals surface area contributed by atoms with E-state index in [1.807, 2.05) is 35.0 Å². The molecule has 0 aliphatic heterocycles. The number of benzene rings is 2. The number of fused-ring (bicyclic) bond motifs is 1. The number of sulfonamides is 1. The second kappa shape index (κ2) is 8.76. The van der Waals surface area contributed by atoms with E-state index in [-0.39, 0.29) is 5.75 Å². The molecule has 5 rings (SSSR count). The van der Waals surface area contributed by atoms with Gasteiger partial charge in [-0.05, 0) is 56.1 Å². The molecule has 0 unspecified atom stereocenters. The third-order valence-corrected chi connectivity index (χ3v) is 7.91. The summed E-state index contributed by atoms with van der Waals surface area (Å²) in [6.07, 6.45) is 7.64. The van der Waals surface area contributed by atoms with E-state index in [9.17, 15) is 8.42 Å². The third-order valence-electron chi connectivity index (χ3n) is 6.58. The van der Waals surface area contributed by atoms with Crippen LogP contribution in [0, 0.1) is 0 Å². The van der Waals surface area contributed by atoms with Gasteiger partial charge in [0.15, 0.2) is 0 Å². The monoisotopic (exact) mass is 463 g/mol. The van der Waals surface area contributed by atoms with Gasteiger partial charge in [-0.1, -0.05) is 44.0 Å². The molecule has 172 valence electrons. The highest BCUT2D eigenvalue weighted by Crippen LogP contribution is 2.35. The number of aromatic nitrogens is 4. The standard InChI is InChI=1S/C25H29N5O2S/c1-3-23-22-13-10-19(16-25(22)30(28-23)20-6-4-5-7-20)24-14-15-27-29(24)21-11-8-18(9-12-21)17-33(31,32)26-2/h8-16,20,26H,3-7,17H2,1-2H3. The van der Waals surface area contributed by atoms with Crippen LogP contribution < -0.4 is 4.72 Å². The zero-order valence-corrected chi connectivity index (χ0v) is 19.8. The fourth-order valence-corrected chi connectivity index (χ4v) is 5.58. The predicted octanol–water partition coefficient (Wildman–Crippen LogP) is 4.62. The third kappa shape index (κ3) is 4.20. The van der Waals surface area contributed by atoms with Crippen molar-refractivity contribution in [2.75, 3.05) is 7.05 Å². The molecule has 2 heterocycles. The van der Waals surface area contributed by atoms with E-state index in [2.05, 4.69) is 39.6 Å². The van der Waals surface area contributed by atoms with Gasteiger partial charge >= 0.3 is 0 Å².